The molecule has 0 aliphatic heterocycles. The molecule has 27 heavy (non-hydrogen) atoms. The standard InChI is InChI=1S/C22H26O5/c1-7-15(2)27-19-12-16(10-11-18(19)23-3)8-9-17-13-20(24-4)22(26-6)21(14-17)25-5/h7-14H,1-6H3/b9-8-,15-7-. The second kappa shape index (κ2) is 9.57. The van der Waals surface area contributed by atoms with Gasteiger partial charge in [-0.1, -0.05) is 18.2 Å². The van der Waals surface area contributed by atoms with Crippen LogP contribution in [0.1, 0.15) is 25.0 Å². The van der Waals surface area contributed by atoms with E-state index in [0.717, 1.165) is 16.9 Å². The van der Waals surface area contributed by atoms with Gasteiger partial charge in [-0.05, 0) is 55.3 Å². The van der Waals surface area contributed by atoms with Gasteiger partial charge >= 0.3 is 0 Å². The Morgan fingerprint density at radius 3 is 1.78 bits per heavy atom. The number of hydrogen-bond acceptors (Lipinski definition) is 5. The maximum atomic E-state index is 5.83. The first kappa shape index (κ1) is 20.2. The van der Waals surface area contributed by atoms with Gasteiger partial charge in [0.25, 0.3) is 0 Å². The summed E-state index contributed by atoms with van der Waals surface area (Å²) >= 11 is 0. The summed E-state index contributed by atoms with van der Waals surface area (Å²) in [6, 6.07) is 9.56. The summed E-state index contributed by atoms with van der Waals surface area (Å²) in [7, 11) is 6.41. The van der Waals surface area contributed by atoms with E-state index in [0.29, 0.717) is 28.7 Å². The second-order valence-corrected chi connectivity index (χ2v) is 5.70. The Balaban J connectivity index is 2.36. The van der Waals surface area contributed by atoms with Crippen molar-refractivity contribution in [3.05, 3.63) is 53.3 Å². The van der Waals surface area contributed by atoms with Gasteiger partial charge in [0, 0.05) is 0 Å². The molecule has 0 saturated carbocycles. The minimum absolute atomic E-state index is 0.569. The van der Waals surface area contributed by atoms with Crippen LogP contribution in [-0.4, -0.2) is 28.4 Å². The number of ether oxygens (including phenoxy) is 5. The van der Waals surface area contributed by atoms with Gasteiger partial charge in [0.05, 0.1) is 34.2 Å². The summed E-state index contributed by atoms with van der Waals surface area (Å²) in [5, 5.41) is 0. The molecule has 0 aliphatic carbocycles. The lowest BCUT2D eigenvalue weighted by Crippen LogP contribution is -1.95. The highest BCUT2D eigenvalue weighted by Crippen LogP contribution is 2.38. The van der Waals surface area contributed by atoms with Gasteiger partial charge in [-0.15, -0.1) is 0 Å². The Kier molecular flexibility index (Phi) is 7.17. The van der Waals surface area contributed by atoms with Crippen LogP contribution >= 0.6 is 0 Å². The van der Waals surface area contributed by atoms with E-state index < -0.39 is 0 Å². The highest BCUT2D eigenvalue weighted by Gasteiger charge is 2.12. The number of rotatable bonds is 8. The zero-order valence-electron chi connectivity index (χ0n) is 16.7. The maximum Gasteiger partial charge on any atom is 0.203 e. The molecule has 0 atom stereocenters. The fourth-order valence-corrected chi connectivity index (χ4v) is 2.50. The minimum atomic E-state index is 0.569. The zero-order chi connectivity index (χ0) is 19.8. The molecule has 0 amide bonds. The molecule has 144 valence electrons. The van der Waals surface area contributed by atoms with Crippen LogP contribution in [0.25, 0.3) is 12.2 Å². The smallest absolute Gasteiger partial charge is 0.203 e. The van der Waals surface area contributed by atoms with Crippen LogP contribution in [0.5, 0.6) is 28.7 Å². The van der Waals surface area contributed by atoms with Crippen LogP contribution in [0.15, 0.2) is 42.2 Å². The van der Waals surface area contributed by atoms with Gasteiger partial charge in [-0.3, -0.25) is 0 Å². The molecule has 5 heteroatoms. The summed E-state index contributed by atoms with van der Waals surface area (Å²) < 4.78 is 27.3. The molecule has 0 N–H and O–H groups in total. The molecule has 2 rings (SSSR count). The third-order valence-electron chi connectivity index (χ3n) is 4.02. The lowest BCUT2D eigenvalue weighted by molar-refractivity contribution is 0.324. The minimum Gasteiger partial charge on any atom is -0.493 e. The summed E-state index contributed by atoms with van der Waals surface area (Å²) in [6.45, 7) is 3.83. The van der Waals surface area contributed by atoms with E-state index in [4.69, 9.17) is 23.7 Å². The first-order chi connectivity index (χ1) is 13.1. The number of allylic oxidation sites excluding steroid dienone is 2. The first-order valence-electron chi connectivity index (χ1n) is 8.53. The van der Waals surface area contributed by atoms with Crippen molar-refractivity contribution in [1.82, 2.24) is 0 Å². The van der Waals surface area contributed by atoms with E-state index in [1.165, 1.54) is 0 Å². The molecule has 0 heterocycles. The molecule has 2 aromatic carbocycles. The highest BCUT2D eigenvalue weighted by molar-refractivity contribution is 5.73. The van der Waals surface area contributed by atoms with Crippen LogP contribution in [0.3, 0.4) is 0 Å². The van der Waals surface area contributed by atoms with Crippen molar-refractivity contribution in [3.63, 3.8) is 0 Å². The van der Waals surface area contributed by atoms with Gasteiger partial charge in [0.1, 0.15) is 0 Å². The van der Waals surface area contributed by atoms with Crippen molar-refractivity contribution in [1.29, 1.82) is 0 Å². The topological polar surface area (TPSA) is 46.2 Å². The Bertz CT molecular complexity index is 812. The normalized spacial score (nSPS) is 11.4. The van der Waals surface area contributed by atoms with Crippen LogP contribution in [0, 0.1) is 0 Å². The van der Waals surface area contributed by atoms with E-state index in [-0.39, 0.29) is 0 Å². The molecular weight excluding hydrogens is 344 g/mol. The molecule has 0 radical (unpaired) electrons. The van der Waals surface area contributed by atoms with Crippen LogP contribution < -0.4 is 23.7 Å². The summed E-state index contributed by atoms with van der Waals surface area (Å²) in [5.41, 5.74) is 1.90. The maximum absolute atomic E-state index is 5.83. The Labute approximate surface area is 160 Å². The summed E-state index contributed by atoms with van der Waals surface area (Å²) in [5.74, 6) is 3.94. The Morgan fingerprint density at radius 1 is 0.704 bits per heavy atom. The monoisotopic (exact) mass is 370 g/mol. The molecule has 0 unspecified atom stereocenters. The average molecular weight is 370 g/mol. The molecule has 0 bridgehead atoms. The molecular formula is C22H26O5. The first-order valence-corrected chi connectivity index (χ1v) is 8.53. The number of hydrogen-bond donors (Lipinski definition) is 0. The predicted octanol–water partition coefficient (Wildman–Crippen LogP) is 5.19. The van der Waals surface area contributed by atoms with Gasteiger partial charge < -0.3 is 23.7 Å². The van der Waals surface area contributed by atoms with Crippen molar-refractivity contribution in [2.45, 2.75) is 13.8 Å². The van der Waals surface area contributed by atoms with Gasteiger partial charge in [-0.25, -0.2) is 0 Å². The van der Waals surface area contributed by atoms with E-state index in [1.807, 2.05) is 62.4 Å². The third kappa shape index (κ3) is 4.97. The van der Waals surface area contributed by atoms with E-state index >= 15 is 0 Å². The van der Waals surface area contributed by atoms with Crippen molar-refractivity contribution < 1.29 is 23.7 Å². The molecule has 0 aliphatic rings. The van der Waals surface area contributed by atoms with Gasteiger partial charge in [0.2, 0.25) is 5.75 Å². The summed E-state index contributed by atoms with van der Waals surface area (Å²) in [6.07, 6.45) is 5.86. The Hall–Kier alpha value is -3.08. The highest BCUT2D eigenvalue weighted by atomic mass is 16.5. The predicted molar refractivity (Wildman–Crippen MR) is 108 cm³/mol. The lowest BCUT2D eigenvalue weighted by Gasteiger charge is -2.13. The molecule has 5 nitrogen and oxygen atoms in total. The fraction of sp³-hybridized carbons (Fsp3) is 0.273. The number of benzene rings is 2. The summed E-state index contributed by atoms with van der Waals surface area (Å²) in [4.78, 5) is 0. The fourth-order valence-electron chi connectivity index (χ4n) is 2.50. The lowest BCUT2D eigenvalue weighted by atomic mass is 10.1. The third-order valence-corrected chi connectivity index (χ3v) is 4.02. The van der Waals surface area contributed by atoms with Crippen LogP contribution in [-0.2, 0) is 0 Å². The average Bonchev–Trinajstić information content (AvgIpc) is 2.71. The Morgan fingerprint density at radius 2 is 1.26 bits per heavy atom. The quantitative estimate of drug-likeness (QED) is 0.472. The second-order valence-electron chi connectivity index (χ2n) is 5.70. The number of methoxy groups -OCH3 is 4. The van der Waals surface area contributed by atoms with E-state index in [2.05, 4.69) is 0 Å². The van der Waals surface area contributed by atoms with Crippen molar-refractivity contribution in [2.75, 3.05) is 28.4 Å². The van der Waals surface area contributed by atoms with Crippen LogP contribution in [0.4, 0.5) is 0 Å². The molecule has 0 saturated heterocycles. The molecule has 0 aromatic heterocycles. The van der Waals surface area contributed by atoms with E-state index in [9.17, 15) is 0 Å². The van der Waals surface area contributed by atoms with Gasteiger partial charge in [-0.2, -0.15) is 0 Å². The zero-order valence-corrected chi connectivity index (χ0v) is 16.7. The SMILES string of the molecule is C/C=C(/C)Oc1cc(/C=C\c2cc(OC)c(OC)c(OC)c2)ccc1OC. The van der Waals surface area contributed by atoms with Crippen molar-refractivity contribution in [2.24, 2.45) is 0 Å². The van der Waals surface area contributed by atoms with E-state index in [1.54, 1.807) is 28.4 Å². The van der Waals surface area contributed by atoms with Gasteiger partial charge in [0.15, 0.2) is 23.0 Å². The largest absolute Gasteiger partial charge is 0.493 e. The van der Waals surface area contributed by atoms with Crippen molar-refractivity contribution in [3.8, 4) is 28.7 Å². The molecule has 0 fully saturated rings. The van der Waals surface area contributed by atoms with Crippen LogP contribution in [0.2, 0.25) is 0 Å². The molecule has 0 spiro atoms. The van der Waals surface area contributed by atoms with Crippen molar-refractivity contribution >= 4 is 12.2 Å². The molecule has 2 aromatic rings.